The Kier molecular flexibility index (Phi) is 5.13. The topological polar surface area (TPSA) is 61.8 Å². The fourth-order valence-corrected chi connectivity index (χ4v) is 2.48. The molecule has 1 aliphatic heterocycles. The lowest BCUT2D eigenvalue weighted by Crippen LogP contribution is -2.41. The van der Waals surface area contributed by atoms with E-state index in [1.165, 1.54) is 26.0 Å². The highest BCUT2D eigenvalue weighted by atomic mass is 19.1. The molecule has 1 saturated heterocycles. The zero-order valence-corrected chi connectivity index (χ0v) is 14.9. The molecule has 2 aromatic rings. The van der Waals surface area contributed by atoms with Crippen LogP contribution in [0.1, 0.15) is 25.0 Å². The van der Waals surface area contributed by atoms with Crippen molar-refractivity contribution in [1.29, 1.82) is 0 Å². The summed E-state index contributed by atoms with van der Waals surface area (Å²) in [5.74, 6) is -5.46. The summed E-state index contributed by atoms with van der Waals surface area (Å²) in [6.07, 6.45) is 1.13. The summed E-state index contributed by atoms with van der Waals surface area (Å²) >= 11 is 0. The molecule has 0 unspecified atom stereocenters. The predicted octanol–water partition coefficient (Wildman–Crippen LogP) is 3.90. The van der Waals surface area contributed by atoms with Gasteiger partial charge >= 0.3 is 11.9 Å². The van der Waals surface area contributed by atoms with Crippen molar-refractivity contribution < 1.29 is 37.0 Å². The third kappa shape index (κ3) is 4.33. The fourth-order valence-electron chi connectivity index (χ4n) is 2.48. The molecule has 0 aromatic heterocycles. The van der Waals surface area contributed by atoms with Crippen molar-refractivity contribution in [2.75, 3.05) is 0 Å². The van der Waals surface area contributed by atoms with Crippen molar-refractivity contribution in [2.45, 2.75) is 26.2 Å². The number of carbonyl (C=O) groups is 2. The average molecular weight is 392 g/mol. The first-order valence-electron chi connectivity index (χ1n) is 8.19. The summed E-state index contributed by atoms with van der Waals surface area (Å²) in [6.45, 7) is 2.49. The highest BCUT2D eigenvalue weighted by molar-refractivity contribution is 6.19. The van der Waals surface area contributed by atoms with Gasteiger partial charge in [-0.15, -0.1) is 0 Å². The molecule has 1 fully saturated rings. The van der Waals surface area contributed by atoms with E-state index in [1.807, 2.05) is 0 Å². The van der Waals surface area contributed by atoms with Crippen LogP contribution in [0.4, 0.5) is 13.2 Å². The molecule has 2 aromatic carbocycles. The molecule has 0 saturated carbocycles. The van der Waals surface area contributed by atoms with E-state index >= 15 is 0 Å². The Balaban J connectivity index is 1.89. The Morgan fingerprint density at radius 1 is 0.964 bits per heavy atom. The van der Waals surface area contributed by atoms with Gasteiger partial charge in [0.05, 0.1) is 0 Å². The van der Waals surface area contributed by atoms with Gasteiger partial charge in [-0.2, -0.15) is 0 Å². The Morgan fingerprint density at radius 2 is 1.57 bits per heavy atom. The number of benzene rings is 2. The molecule has 3 rings (SSSR count). The monoisotopic (exact) mass is 392 g/mol. The van der Waals surface area contributed by atoms with E-state index in [2.05, 4.69) is 0 Å². The molecule has 0 aliphatic carbocycles. The Bertz CT molecular complexity index is 960. The summed E-state index contributed by atoms with van der Waals surface area (Å²) < 4.78 is 55.8. The molecule has 28 heavy (non-hydrogen) atoms. The Morgan fingerprint density at radius 3 is 2.21 bits per heavy atom. The van der Waals surface area contributed by atoms with Gasteiger partial charge in [-0.25, -0.2) is 22.8 Å². The predicted molar refractivity (Wildman–Crippen MR) is 91.3 cm³/mol. The highest BCUT2D eigenvalue weighted by Gasteiger charge is 2.39. The molecular formula is C20H15F3O5. The smallest absolute Gasteiger partial charge is 0.348 e. The Labute approximate surface area is 158 Å². The van der Waals surface area contributed by atoms with E-state index in [1.54, 1.807) is 0 Å². The van der Waals surface area contributed by atoms with Crippen LogP contribution >= 0.6 is 0 Å². The van der Waals surface area contributed by atoms with Gasteiger partial charge in [0.15, 0.2) is 0 Å². The van der Waals surface area contributed by atoms with Gasteiger partial charge < -0.3 is 14.2 Å². The van der Waals surface area contributed by atoms with Crippen LogP contribution in [0.2, 0.25) is 0 Å². The number of hydrogen-bond donors (Lipinski definition) is 0. The molecule has 8 heteroatoms. The van der Waals surface area contributed by atoms with Crippen LogP contribution in [-0.2, 0) is 25.7 Å². The number of rotatable bonds is 4. The van der Waals surface area contributed by atoms with Crippen molar-refractivity contribution in [3.05, 3.63) is 70.5 Å². The maximum atomic E-state index is 13.8. The van der Waals surface area contributed by atoms with Gasteiger partial charge in [-0.05, 0) is 30.3 Å². The molecule has 0 N–H and O–H groups in total. The first kappa shape index (κ1) is 19.5. The van der Waals surface area contributed by atoms with E-state index in [0.29, 0.717) is 6.07 Å². The molecule has 0 atom stereocenters. The number of cyclic esters (lactones) is 2. The molecule has 5 nitrogen and oxygen atoms in total. The molecule has 0 bridgehead atoms. The number of carbonyl (C=O) groups excluding carboxylic acids is 2. The van der Waals surface area contributed by atoms with Crippen LogP contribution in [0, 0.1) is 17.5 Å². The van der Waals surface area contributed by atoms with Crippen LogP contribution in [0.5, 0.6) is 5.75 Å². The summed E-state index contributed by atoms with van der Waals surface area (Å²) in [4.78, 5) is 24.1. The summed E-state index contributed by atoms with van der Waals surface area (Å²) in [6, 6.07) is 6.34. The quantitative estimate of drug-likeness (QED) is 0.449. The van der Waals surface area contributed by atoms with Gasteiger partial charge in [-0.3, -0.25) is 0 Å². The van der Waals surface area contributed by atoms with Crippen LogP contribution in [0.25, 0.3) is 6.08 Å². The average Bonchev–Trinajstić information content (AvgIpc) is 2.58. The minimum absolute atomic E-state index is 0.0440. The van der Waals surface area contributed by atoms with E-state index in [4.69, 9.17) is 14.2 Å². The van der Waals surface area contributed by atoms with E-state index < -0.39 is 40.8 Å². The number of hydrogen-bond acceptors (Lipinski definition) is 5. The minimum atomic E-state index is -1.40. The van der Waals surface area contributed by atoms with Crippen LogP contribution in [0.3, 0.4) is 0 Å². The highest BCUT2D eigenvalue weighted by Crippen LogP contribution is 2.28. The normalized spacial score (nSPS) is 15.7. The van der Waals surface area contributed by atoms with E-state index in [-0.39, 0.29) is 23.5 Å². The summed E-state index contributed by atoms with van der Waals surface area (Å²) in [5, 5.41) is 0. The SMILES string of the molecule is CC1(C)OC(=O)C(=Cc2ccc(F)cc2OCc2ccc(F)cc2F)C(=O)O1. The van der Waals surface area contributed by atoms with Gasteiger partial charge in [0.1, 0.15) is 35.4 Å². The van der Waals surface area contributed by atoms with Crippen molar-refractivity contribution in [3.63, 3.8) is 0 Å². The van der Waals surface area contributed by atoms with Gasteiger partial charge in [0.2, 0.25) is 0 Å². The lowest BCUT2D eigenvalue weighted by molar-refractivity contribution is -0.222. The van der Waals surface area contributed by atoms with Crippen LogP contribution in [-0.4, -0.2) is 17.7 Å². The van der Waals surface area contributed by atoms with Gasteiger partial charge in [0.25, 0.3) is 5.79 Å². The third-order valence-corrected chi connectivity index (χ3v) is 3.79. The van der Waals surface area contributed by atoms with Gasteiger partial charge in [-0.1, -0.05) is 0 Å². The fraction of sp³-hybridized carbons (Fsp3) is 0.200. The summed E-state index contributed by atoms with van der Waals surface area (Å²) in [7, 11) is 0. The maximum Gasteiger partial charge on any atom is 0.348 e. The lowest BCUT2D eigenvalue weighted by Gasteiger charge is -2.29. The second kappa shape index (κ2) is 7.38. The first-order chi connectivity index (χ1) is 13.1. The molecular weight excluding hydrogens is 377 g/mol. The second-order valence-corrected chi connectivity index (χ2v) is 6.44. The number of esters is 2. The molecule has 0 spiro atoms. The van der Waals surface area contributed by atoms with Crippen LogP contribution in [0.15, 0.2) is 42.0 Å². The standard InChI is InChI=1S/C20H15F3O5/c1-20(2)27-18(24)15(19(25)28-20)7-11-3-5-14(22)9-17(11)26-10-12-4-6-13(21)8-16(12)23/h3-9H,10H2,1-2H3. The summed E-state index contributed by atoms with van der Waals surface area (Å²) in [5.41, 5.74) is -0.182. The Hall–Kier alpha value is -3.29. The molecule has 0 radical (unpaired) electrons. The molecule has 0 amide bonds. The zero-order valence-electron chi connectivity index (χ0n) is 14.9. The van der Waals surface area contributed by atoms with Gasteiger partial charge in [0, 0.05) is 37.1 Å². The van der Waals surface area contributed by atoms with Crippen molar-refractivity contribution in [1.82, 2.24) is 0 Å². The third-order valence-electron chi connectivity index (χ3n) is 3.79. The zero-order chi connectivity index (χ0) is 20.5. The number of halogens is 3. The second-order valence-electron chi connectivity index (χ2n) is 6.44. The van der Waals surface area contributed by atoms with E-state index in [9.17, 15) is 22.8 Å². The lowest BCUT2D eigenvalue weighted by atomic mass is 10.1. The number of ether oxygens (including phenoxy) is 3. The minimum Gasteiger partial charge on any atom is -0.488 e. The first-order valence-corrected chi connectivity index (χ1v) is 8.19. The van der Waals surface area contributed by atoms with E-state index in [0.717, 1.165) is 24.3 Å². The largest absolute Gasteiger partial charge is 0.488 e. The molecule has 146 valence electrons. The van der Waals surface area contributed by atoms with Crippen molar-refractivity contribution >= 4 is 18.0 Å². The molecule has 1 aliphatic rings. The van der Waals surface area contributed by atoms with Crippen molar-refractivity contribution in [3.8, 4) is 5.75 Å². The molecule has 1 heterocycles. The van der Waals surface area contributed by atoms with Crippen LogP contribution < -0.4 is 4.74 Å². The maximum absolute atomic E-state index is 13.8. The van der Waals surface area contributed by atoms with Crippen molar-refractivity contribution in [2.24, 2.45) is 0 Å².